The van der Waals surface area contributed by atoms with Gasteiger partial charge in [-0.3, -0.25) is 0 Å². The van der Waals surface area contributed by atoms with Gasteiger partial charge in [-0.2, -0.15) is 0 Å². The maximum atomic E-state index is 13.8. The van der Waals surface area contributed by atoms with Gasteiger partial charge in [0.25, 0.3) is 0 Å². The van der Waals surface area contributed by atoms with Crippen LogP contribution in [0.3, 0.4) is 0 Å². The highest BCUT2D eigenvalue weighted by Gasteiger charge is 2.09. The minimum Gasteiger partial charge on any atom is -0.334 e. The van der Waals surface area contributed by atoms with E-state index in [1.807, 2.05) is 18.2 Å². The summed E-state index contributed by atoms with van der Waals surface area (Å²) >= 11 is 5.69. The van der Waals surface area contributed by atoms with Crippen molar-refractivity contribution in [3.63, 3.8) is 0 Å². The third-order valence-electron chi connectivity index (χ3n) is 3.64. The Morgan fingerprint density at radius 1 is 1.21 bits per heavy atom. The molecule has 2 rings (SSSR count). The normalized spacial score (nSPS) is 10.7. The second-order valence-electron chi connectivity index (χ2n) is 5.56. The van der Waals surface area contributed by atoms with Crippen LogP contribution in [0.5, 0.6) is 0 Å². The largest absolute Gasteiger partial charge is 0.334 e. The Morgan fingerprint density at radius 3 is 2.67 bits per heavy atom. The number of urea groups is 1. The SMILES string of the molecule is CCN(C)Cc1cccc(CNC(=O)Nc2cccc(Cl)c2F)c1. The van der Waals surface area contributed by atoms with Crippen molar-refractivity contribution in [1.29, 1.82) is 0 Å². The Labute approximate surface area is 146 Å². The van der Waals surface area contributed by atoms with E-state index >= 15 is 0 Å². The summed E-state index contributed by atoms with van der Waals surface area (Å²) < 4.78 is 13.8. The Hall–Kier alpha value is -2.11. The van der Waals surface area contributed by atoms with Crippen LogP contribution < -0.4 is 10.6 Å². The Bertz CT molecular complexity index is 708. The molecule has 2 amide bonds. The summed E-state index contributed by atoms with van der Waals surface area (Å²) in [5, 5.41) is 5.15. The third kappa shape index (κ3) is 5.22. The van der Waals surface area contributed by atoms with Gasteiger partial charge in [0, 0.05) is 13.1 Å². The van der Waals surface area contributed by atoms with Gasteiger partial charge < -0.3 is 15.5 Å². The molecule has 0 bridgehead atoms. The van der Waals surface area contributed by atoms with Gasteiger partial charge in [0.15, 0.2) is 5.82 Å². The first-order valence-electron chi connectivity index (χ1n) is 7.74. The fraction of sp³-hybridized carbons (Fsp3) is 0.278. The molecule has 0 aromatic heterocycles. The van der Waals surface area contributed by atoms with E-state index in [2.05, 4.69) is 35.6 Å². The fourth-order valence-electron chi connectivity index (χ4n) is 2.21. The van der Waals surface area contributed by atoms with Crippen molar-refractivity contribution in [2.75, 3.05) is 18.9 Å². The predicted molar refractivity (Wildman–Crippen MR) is 95.7 cm³/mol. The number of benzene rings is 2. The number of rotatable bonds is 6. The van der Waals surface area contributed by atoms with Crippen molar-refractivity contribution in [3.8, 4) is 0 Å². The molecule has 2 N–H and O–H groups in total. The van der Waals surface area contributed by atoms with Crippen LogP contribution in [-0.4, -0.2) is 24.5 Å². The lowest BCUT2D eigenvalue weighted by Gasteiger charge is -2.14. The predicted octanol–water partition coefficient (Wildman–Crippen LogP) is 4.25. The number of hydrogen-bond acceptors (Lipinski definition) is 2. The molecule has 0 spiro atoms. The molecular formula is C18H21ClFN3O. The molecule has 128 valence electrons. The quantitative estimate of drug-likeness (QED) is 0.818. The molecule has 0 aliphatic carbocycles. The molecule has 0 aliphatic rings. The minimum atomic E-state index is -0.640. The molecule has 0 radical (unpaired) electrons. The van der Waals surface area contributed by atoms with E-state index < -0.39 is 11.8 Å². The van der Waals surface area contributed by atoms with Crippen molar-refractivity contribution < 1.29 is 9.18 Å². The third-order valence-corrected chi connectivity index (χ3v) is 3.93. The summed E-state index contributed by atoms with van der Waals surface area (Å²) in [5.41, 5.74) is 2.22. The smallest absolute Gasteiger partial charge is 0.319 e. The highest BCUT2D eigenvalue weighted by atomic mass is 35.5. The molecular weight excluding hydrogens is 329 g/mol. The van der Waals surface area contributed by atoms with E-state index in [9.17, 15) is 9.18 Å². The van der Waals surface area contributed by atoms with Crippen LogP contribution in [0.15, 0.2) is 42.5 Å². The first-order valence-corrected chi connectivity index (χ1v) is 8.12. The lowest BCUT2D eigenvalue weighted by atomic mass is 10.1. The van der Waals surface area contributed by atoms with Gasteiger partial charge in [-0.15, -0.1) is 0 Å². The monoisotopic (exact) mass is 349 g/mol. The maximum Gasteiger partial charge on any atom is 0.319 e. The minimum absolute atomic E-state index is 0.0273. The second kappa shape index (κ2) is 8.66. The molecule has 0 aliphatic heterocycles. The number of nitrogens with one attached hydrogen (secondary N) is 2. The van der Waals surface area contributed by atoms with E-state index in [1.165, 1.54) is 17.7 Å². The Kier molecular flexibility index (Phi) is 6.58. The molecule has 0 saturated heterocycles. The van der Waals surface area contributed by atoms with Gasteiger partial charge in [0.1, 0.15) is 0 Å². The number of carbonyl (C=O) groups is 1. The van der Waals surface area contributed by atoms with Crippen LogP contribution in [0, 0.1) is 5.82 Å². The standard InChI is InChI=1S/C18H21ClFN3O/c1-3-23(2)12-14-7-4-6-13(10-14)11-21-18(24)22-16-9-5-8-15(19)17(16)20/h4-10H,3,11-12H2,1-2H3,(H2,21,22,24). The van der Waals surface area contributed by atoms with Gasteiger partial charge in [0.05, 0.1) is 10.7 Å². The summed E-state index contributed by atoms with van der Waals surface area (Å²) in [6.45, 7) is 4.28. The number of anilines is 1. The first-order chi connectivity index (χ1) is 11.5. The fourth-order valence-corrected chi connectivity index (χ4v) is 2.39. The summed E-state index contributed by atoms with van der Waals surface area (Å²) in [5.74, 6) is -0.640. The van der Waals surface area contributed by atoms with Crippen molar-refractivity contribution in [2.24, 2.45) is 0 Å². The molecule has 4 nitrogen and oxygen atoms in total. The highest BCUT2D eigenvalue weighted by molar-refractivity contribution is 6.31. The Morgan fingerprint density at radius 2 is 1.92 bits per heavy atom. The van der Waals surface area contributed by atoms with Gasteiger partial charge in [-0.1, -0.05) is 48.9 Å². The van der Waals surface area contributed by atoms with Crippen molar-refractivity contribution >= 4 is 23.3 Å². The average Bonchev–Trinajstić information content (AvgIpc) is 2.57. The van der Waals surface area contributed by atoms with Gasteiger partial charge in [-0.25, -0.2) is 9.18 Å². The van der Waals surface area contributed by atoms with Gasteiger partial charge >= 0.3 is 6.03 Å². The number of amides is 2. The molecule has 2 aromatic rings. The van der Waals surface area contributed by atoms with Crippen molar-refractivity contribution in [2.45, 2.75) is 20.0 Å². The molecule has 0 heterocycles. The van der Waals surface area contributed by atoms with Gasteiger partial charge in [0.2, 0.25) is 0 Å². The maximum absolute atomic E-state index is 13.8. The zero-order valence-corrected chi connectivity index (χ0v) is 14.5. The van der Waals surface area contributed by atoms with Crippen LogP contribution in [0.2, 0.25) is 5.02 Å². The Balaban J connectivity index is 1.92. The highest BCUT2D eigenvalue weighted by Crippen LogP contribution is 2.21. The van der Waals surface area contributed by atoms with Crippen molar-refractivity contribution in [3.05, 3.63) is 64.4 Å². The molecule has 24 heavy (non-hydrogen) atoms. The van der Waals surface area contributed by atoms with E-state index in [4.69, 9.17) is 11.6 Å². The molecule has 2 aromatic carbocycles. The van der Waals surface area contributed by atoms with Crippen molar-refractivity contribution in [1.82, 2.24) is 10.2 Å². The topological polar surface area (TPSA) is 44.4 Å². The number of hydrogen-bond donors (Lipinski definition) is 2. The lowest BCUT2D eigenvalue weighted by Crippen LogP contribution is -2.28. The van der Waals surface area contributed by atoms with Crippen LogP contribution in [0.1, 0.15) is 18.1 Å². The van der Waals surface area contributed by atoms with Crippen LogP contribution in [0.4, 0.5) is 14.9 Å². The molecule has 0 unspecified atom stereocenters. The number of halogens is 2. The van der Waals surface area contributed by atoms with Crippen LogP contribution in [0.25, 0.3) is 0 Å². The molecule has 0 fully saturated rings. The zero-order valence-electron chi connectivity index (χ0n) is 13.8. The van der Waals surface area contributed by atoms with Crippen LogP contribution >= 0.6 is 11.6 Å². The number of carbonyl (C=O) groups excluding carboxylic acids is 1. The van der Waals surface area contributed by atoms with Gasteiger partial charge in [-0.05, 0) is 36.9 Å². The second-order valence-corrected chi connectivity index (χ2v) is 5.97. The zero-order chi connectivity index (χ0) is 17.5. The van der Waals surface area contributed by atoms with E-state index in [1.54, 1.807) is 6.07 Å². The molecule has 0 saturated carbocycles. The first kappa shape index (κ1) is 18.2. The van der Waals surface area contributed by atoms with E-state index in [0.29, 0.717) is 6.54 Å². The summed E-state index contributed by atoms with van der Waals surface area (Å²) in [4.78, 5) is 14.1. The lowest BCUT2D eigenvalue weighted by molar-refractivity contribution is 0.251. The average molecular weight is 350 g/mol. The molecule has 0 atom stereocenters. The summed E-state index contributed by atoms with van der Waals surface area (Å²) in [6.07, 6.45) is 0. The van der Waals surface area contributed by atoms with Crippen LogP contribution in [-0.2, 0) is 13.1 Å². The summed E-state index contributed by atoms with van der Waals surface area (Å²) in [7, 11) is 2.05. The van der Waals surface area contributed by atoms with E-state index in [0.717, 1.165) is 18.7 Å². The summed E-state index contributed by atoms with van der Waals surface area (Å²) in [6, 6.07) is 12.0. The number of nitrogens with zero attached hydrogens (tertiary/aromatic N) is 1. The van der Waals surface area contributed by atoms with E-state index in [-0.39, 0.29) is 10.7 Å². The molecule has 6 heteroatoms.